The Morgan fingerprint density at radius 1 is 1.35 bits per heavy atom. The lowest BCUT2D eigenvalue weighted by Gasteiger charge is -2.07. The van der Waals surface area contributed by atoms with Crippen molar-refractivity contribution < 1.29 is 18.7 Å². The SMILES string of the molecule is COc1ccc(C(=O)COc2cncc(Br)c2)cc1F. The Bertz CT molecular complexity index is 634. The van der Waals surface area contributed by atoms with Crippen LogP contribution in [0.15, 0.2) is 41.1 Å². The lowest BCUT2D eigenvalue weighted by atomic mass is 10.1. The number of hydrogen-bond acceptors (Lipinski definition) is 4. The smallest absolute Gasteiger partial charge is 0.200 e. The Morgan fingerprint density at radius 2 is 2.15 bits per heavy atom. The maximum atomic E-state index is 13.5. The Hall–Kier alpha value is -1.95. The fraction of sp³-hybridized carbons (Fsp3) is 0.143. The van der Waals surface area contributed by atoms with Gasteiger partial charge in [0, 0.05) is 16.2 Å². The molecule has 0 unspecified atom stereocenters. The Morgan fingerprint density at radius 3 is 2.80 bits per heavy atom. The molecule has 0 N–H and O–H groups in total. The lowest BCUT2D eigenvalue weighted by molar-refractivity contribution is 0.0920. The van der Waals surface area contributed by atoms with E-state index in [1.807, 2.05) is 0 Å². The minimum atomic E-state index is -0.581. The second kappa shape index (κ2) is 6.47. The van der Waals surface area contributed by atoms with E-state index < -0.39 is 5.82 Å². The van der Waals surface area contributed by atoms with Gasteiger partial charge in [0.1, 0.15) is 5.75 Å². The molecule has 20 heavy (non-hydrogen) atoms. The first-order valence-corrected chi connectivity index (χ1v) is 6.49. The van der Waals surface area contributed by atoms with Crippen molar-refractivity contribution in [1.29, 1.82) is 0 Å². The highest BCUT2D eigenvalue weighted by molar-refractivity contribution is 9.10. The number of hydrogen-bond donors (Lipinski definition) is 0. The minimum absolute atomic E-state index is 0.0960. The number of nitrogens with zero attached hydrogens (tertiary/aromatic N) is 1. The number of halogens is 2. The van der Waals surface area contributed by atoms with E-state index in [9.17, 15) is 9.18 Å². The van der Waals surface area contributed by atoms with Crippen LogP contribution in [0, 0.1) is 5.82 Å². The number of Topliss-reactive ketones (excluding diaryl/α,β-unsaturated/α-hetero) is 1. The van der Waals surface area contributed by atoms with Gasteiger partial charge in [0.2, 0.25) is 0 Å². The van der Waals surface area contributed by atoms with Crippen LogP contribution < -0.4 is 9.47 Å². The summed E-state index contributed by atoms with van der Waals surface area (Å²) in [4.78, 5) is 15.8. The predicted molar refractivity (Wildman–Crippen MR) is 74.7 cm³/mol. The number of rotatable bonds is 5. The van der Waals surface area contributed by atoms with Crippen molar-refractivity contribution >= 4 is 21.7 Å². The Kier molecular flexibility index (Phi) is 4.68. The molecule has 2 rings (SSSR count). The third kappa shape index (κ3) is 3.54. The molecule has 6 heteroatoms. The summed E-state index contributed by atoms with van der Waals surface area (Å²) in [5.41, 5.74) is 0.228. The number of ketones is 1. The maximum absolute atomic E-state index is 13.5. The molecule has 1 heterocycles. The number of carbonyl (C=O) groups excluding carboxylic acids is 1. The molecular formula is C14H11BrFNO3. The van der Waals surface area contributed by atoms with Gasteiger partial charge in [-0.1, -0.05) is 0 Å². The summed E-state index contributed by atoms with van der Waals surface area (Å²) < 4.78 is 24.3. The van der Waals surface area contributed by atoms with E-state index in [2.05, 4.69) is 20.9 Å². The summed E-state index contributed by atoms with van der Waals surface area (Å²) in [5.74, 6) is -0.352. The van der Waals surface area contributed by atoms with Gasteiger partial charge in [-0.2, -0.15) is 0 Å². The number of aromatic nitrogens is 1. The van der Waals surface area contributed by atoms with Crippen molar-refractivity contribution in [3.05, 3.63) is 52.5 Å². The molecule has 0 aliphatic carbocycles. The van der Waals surface area contributed by atoms with Crippen LogP contribution in [0.5, 0.6) is 11.5 Å². The summed E-state index contributed by atoms with van der Waals surface area (Å²) in [6.07, 6.45) is 3.10. The van der Waals surface area contributed by atoms with Gasteiger partial charge in [-0.25, -0.2) is 4.39 Å². The van der Waals surface area contributed by atoms with Gasteiger partial charge in [-0.3, -0.25) is 9.78 Å². The van der Waals surface area contributed by atoms with Crippen LogP contribution >= 0.6 is 15.9 Å². The summed E-state index contributed by atoms with van der Waals surface area (Å²) in [5, 5.41) is 0. The van der Waals surface area contributed by atoms with Crippen LogP contribution in [0.1, 0.15) is 10.4 Å². The lowest BCUT2D eigenvalue weighted by Crippen LogP contribution is -2.12. The highest BCUT2D eigenvalue weighted by Crippen LogP contribution is 2.19. The molecule has 104 valence electrons. The zero-order valence-electron chi connectivity index (χ0n) is 10.6. The molecule has 0 atom stereocenters. The van der Waals surface area contributed by atoms with Crippen LogP contribution in [0.25, 0.3) is 0 Å². The number of ether oxygens (including phenoxy) is 2. The molecule has 0 saturated heterocycles. The Balaban J connectivity index is 2.03. The van der Waals surface area contributed by atoms with E-state index in [-0.39, 0.29) is 23.7 Å². The monoisotopic (exact) mass is 339 g/mol. The van der Waals surface area contributed by atoms with E-state index >= 15 is 0 Å². The molecule has 0 aliphatic heterocycles. The van der Waals surface area contributed by atoms with Crippen molar-refractivity contribution in [1.82, 2.24) is 4.98 Å². The number of carbonyl (C=O) groups is 1. The van der Waals surface area contributed by atoms with Crippen molar-refractivity contribution in [2.24, 2.45) is 0 Å². The molecule has 0 bridgehead atoms. The standard InChI is InChI=1S/C14H11BrFNO3/c1-19-14-3-2-9(4-12(14)16)13(18)8-20-11-5-10(15)6-17-7-11/h2-7H,8H2,1H3. The van der Waals surface area contributed by atoms with Gasteiger partial charge in [-0.05, 0) is 40.2 Å². The van der Waals surface area contributed by atoms with Gasteiger partial charge in [0.15, 0.2) is 24.0 Å². The normalized spacial score (nSPS) is 10.2. The summed E-state index contributed by atoms with van der Waals surface area (Å²) in [7, 11) is 1.36. The van der Waals surface area contributed by atoms with Crippen molar-refractivity contribution in [2.75, 3.05) is 13.7 Å². The molecule has 0 aliphatic rings. The summed E-state index contributed by atoms with van der Waals surface area (Å²) in [6.45, 7) is -0.191. The van der Waals surface area contributed by atoms with E-state index in [4.69, 9.17) is 9.47 Å². The van der Waals surface area contributed by atoms with Gasteiger partial charge in [-0.15, -0.1) is 0 Å². The van der Waals surface area contributed by atoms with Gasteiger partial charge < -0.3 is 9.47 Å². The number of pyridine rings is 1. The average Bonchev–Trinajstić information content (AvgIpc) is 2.44. The molecule has 0 amide bonds. The van der Waals surface area contributed by atoms with Gasteiger partial charge in [0.05, 0.1) is 13.3 Å². The molecule has 0 spiro atoms. The zero-order valence-corrected chi connectivity index (χ0v) is 12.2. The highest BCUT2D eigenvalue weighted by Gasteiger charge is 2.11. The first-order valence-electron chi connectivity index (χ1n) is 5.70. The third-order valence-electron chi connectivity index (χ3n) is 2.52. The highest BCUT2D eigenvalue weighted by atomic mass is 79.9. The van der Waals surface area contributed by atoms with Crippen LogP contribution in [0.3, 0.4) is 0 Å². The molecule has 0 radical (unpaired) electrons. The summed E-state index contributed by atoms with van der Waals surface area (Å²) >= 11 is 3.25. The van der Waals surface area contributed by atoms with Crippen molar-refractivity contribution in [2.45, 2.75) is 0 Å². The van der Waals surface area contributed by atoms with E-state index in [1.165, 1.54) is 25.4 Å². The van der Waals surface area contributed by atoms with E-state index in [0.29, 0.717) is 5.75 Å². The zero-order chi connectivity index (χ0) is 14.5. The van der Waals surface area contributed by atoms with Gasteiger partial charge >= 0.3 is 0 Å². The number of methoxy groups -OCH3 is 1. The molecule has 1 aromatic heterocycles. The largest absolute Gasteiger partial charge is 0.494 e. The summed E-state index contributed by atoms with van der Waals surface area (Å²) in [6, 6.07) is 5.72. The quantitative estimate of drug-likeness (QED) is 0.784. The fourth-order valence-electron chi connectivity index (χ4n) is 1.54. The molecule has 2 aromatic rings. The van der Waals surface area contributed by atoms with Crippen LogP contribution in [-0.2, 0) is 0 Å². The van der Waals surface area contributed by atoms with Crippen molar-refractivity contribution in [3.8, 4) is 11.5 Å². The Labute approximate surface area is 123 Å². The fourth-order valence-corrected chi connectivity index (χ4v) is 1.89. The topological polar surface area (TPSA) is 48.4 Å². The molecule has 0 fully saturated rings. The average molecular weight is 340 g/mol. The maximum Gasteiger partial charge on any atom is 0.200 e. The van der Waals surface area contributed by atoms with E-state index in [1.54, 1.807) is 12.3 Å². The number of benzene rings is 1. The molecular weight excluding hydrogens is 329 g/mol. The predicted octanol–water partition coefficient (Wildman–Crippen LogP) is 3.25. The van der Waals surface area contributed by atoms with Gasteiger partial charge in [0.25, 0.3) is 0 Å². The van der Waals surface area contributed by atoms with E-state index in [0.717, 1.165) is 10.5 Å². The van der Waals surface area contributed by atoms with Crippen LogP contribution in [-0.4, -0.2) is 24.5 Å². The molecule has 1 aromatic carbocycles. The third-order valence-corrected chi connectivity index (χ3v) is 2.96. The molecule has 4 nitrogen and oxygen atoms in total. The first kappa shape index (κ1) is 14.5. The first-order chi connectivity index (χ1) is 9.60. The second-order valence-corrected chi connectivity index (χ2v) is 4.82. The van der Waals surface area contributed by atoms with Crippen molar-refractivity contribution in [3.63, 3.8) is 0 Å². The van der Waals surface area contributed by atoms with Crippen LogP contribution in [0.2, 0.25) is 0 Å². The minimum Gasteiger partial charge on any atom is -0.494 e. The van der Waals surface area contributed by atoms with Crippen LogP contribution in [0.4, 0.5) is 4.39 Å². The molecule has 0 saturated carbocycles. The second-order valence-electron chi connectivity index (χ2n) is 3.90.